The Labute approximate surface area is 140 Å². The summed E-state index contributed by atoms with van der Waals surface area (Å²) in [6.07, 6.45) is 3.65. The van der Waals surface area contributed by atoms with Crippen LogP contribution in [0.3, 0.4) is 0 Å². The van der Waals surface area contributed by atoms with Gasteiger partial charge < -0.3 is 10.2 Å². The zero-order chi connectivity index (χ0) is 16.5. The minimum Gasteiger partial charge on any atom is -0.392 e. The number of hydrogen-bond donors (Lipinski definition) is 2. The third kappa shape index (κ3) is 4.27. The lowest BCUT2D eigenvalue weighted by Crippen LogP contribution is -2.53. The Bertz CT molecular complexity index is 587. The zero-order valence-corrected chi connectivity index (χ0v) is 15.2. The molecule has 2 aromatic rings. The van der Waals surface area contributed by atoms with Crippen LogP contribution in [-0.2, 0) is 0 Å². The highest BCUT2D eigenvalue weighted by Gasteiger charge is 2.37. The van der Waals surface area contributed by atoms with Crippen molar-refractivity contribution in [1.82, 2.24) is 0 Å². The first-order valence-electron chi connectivity index (χ1n) is 7.68. The number of hydrogen-bond acceptors (Lipinski definition) is 2. The summed E-state index contributed by atoms with van der Waals surface area (Å²) >= 11 is 0. The van der Waals surface area contributed by atoms with Crippen LogP contribution in [0.25, 0.3) is 0 Å². The van der Waals surface area contributed by atoms with Crippen molar-refractivity contribution in [3.8, 4) is 0 Å². The smallest absolute Gasteiger partial charge is 0.148 e. The first-order chi connectivity index (χ1) is 11.2. The first kappa shape index (κ1) is 17.8. The maximum absolute atomic E-state index is 9.21. The molecule has 0 radical (unpaired) electrons. The number of rotatable bonds is 7. The lowest BCUT2D eigenvalue weighted by atomic mass is 10.4. The van der Waals surface area contributed by atoms with Crippen molar-refractivity contribution in [2.24, 2.45) is 0 Å². The highest BCUT2D eigenvalue weighted by atomic mass is 31.4. The van der Waals surface area contributed by atoms with Gasteiger partial charge in [-0.3, -0.25) is 0 Å². The molecule has 120 valence electrons. The van der Waals surface area contributed by atoms with Crippen molar-refractivity contribution in [2.45, 2.75) is 6.55 Å². The van der Waals surface area contributed by atoms with Crippen molar-refractivity contribution in [3.63, 3.8) is 0 Å². The molecule has 2 N–H and O–H groups in total. The molecule has 0 unspecified atom stereocenters. The Morgan fingerprint density at radius 1 is 0.783 bits per heavy atom. The normalized spacial score (nSPS) is 12.5. The van der Waals surface area contributed by atoms with Gasteiger partial charge in [0.1, 0.15) is 7.74 Å². The standard InChI is InChI=1S/C19H23O2PSi/c1-23(18-10-4-2-5-11-18,19-12-6-3-7-13-19)22(16-8-14-20)17-9-15-21/h2-13,16-17,20-21H,14-15H2,1H3/b16-8+,17-9+. The molecule has 0 atom stereocenters. The third-order valence-corrected chi connectivity index (χ3v) is 14.5. The van der Waals surface area contributed by atoms with Gasteiger partial charge >= 0.3 is 0 Å². The predicted octanol–water partition coefficient (Wildman–Crippen LogP) is 2.87. The fourth-order valence-electron chi connectivity index (χ4n) is 2.66. The van der Waals surface area contributed by atoms with E-state index in [1.807, 2.05) is 24.3 Å². The number of aliphatic hydroxyl groups excluding tert-OH is 2. The molecule has 0 spiro atoms. The van der Waals surface area contributed by atoms with E-state index in [0.717, 1.165) is 0 Å². The van der Waals surface area contributed by atoms with E-state index in [-0.39, 0.29) is 13.2 Å². The summed E-state index contributed by atoms with van der Waals surface area (Å²) in [5.74, 6) is 4.27. The molecule has 4 heteroatoms. The fraction of sp³-hybridized carbons (Fsp3) is 0.158. The number of aliphatic hydroxyl groups is 2. The second-order valence-corrected chi connectivity index (χ2v) is 14.3. The van der Waals surface area contributed by atoms with Crippen LogP contribution in [0, 0.1) is 0 Å². The van der Waals surface area contributed by atoms with Crippen LogP contribution in [0.1, 0.15) is 0 Å². The van der Waals surface area contributed by atoms with E-state index in [9.17, 15) is 10.2 Å². The van der Waals surface area contributed by atoms with Crippen molar-refractivity contribution in [1.29, 1.82) is 0 Å². The predicted molar refractivity (Wildman–Crippen MR) is 103 cm³/mol. The fourth-order valence-corrected chi connectivity index (χ4v) is 11.7. The highest BCUT2D eigenvalue weighted by molar-refractivity contribution is 8.03. The maximum atomic E-state index is 9.21. The topological polar surface area (TPSA) is 40.5 Å². The van der Waals surface area contributed by atoms with Gasteiger partial charge in [-0.25, -0.2) is 0 Å². The van der Waals surface area contributed by atoms with Crippen LogP contribution in [0.2, 0.25) is 6.55 Å². The Balaban J connectivity index is 2.60. The lowest BCUT2D eigenvalue weighted by molar-refractivity contribution is 0.343. The molecule has 0 aliphatic heterocycles. The summed E-state index contributed by atoms with van der Waals surface area (Å²) in [5.41, 5.74) is 0. The lowest BCUT2D eigenvalue weighted by Gasteiger charge is -2.34. The Kier molecular flexibility index (Phi) is 6.94. The molecule has 0 aliphatic rings. The average Bonchev–Trinajstić information content (AvgIpc) is 2.62. The first-order valence-corrected chi connectivity index (χ1v) is 12.5. The van der Waals surface area contributed by atoms with Gasteiger partial charge in [-0.2, -0.15) is 0 Å². The maximum Gasteiger partial charge on any atom is 0.148 e. The van der Waals surface area contributed by atoms with Gasteiger partial charge in [0, 0.05) is 0 Å². The molecule has 2 rings (SSSR count). The molecule has 0 aliphatic carbocycles. The third-order valence-electron chi connectivity index (χ3n) is 3.93. The molecule has 2 nitrogen and oxygen atoms in total. The van der Waals surface area contributed by atoms with Crippen molar-refractivity contribution < 1.29 is 10.2 Å². The number of benzene rings is 2. The van der Waals surface area contributed by atoms with Crippen LogP contribution in [0.15, 0.2) is 84.4 Å². The molecular formula is C19H23O2PSi. The molecule has 0 heterocycles. The van der Waals surface area contributed by atoms with Crippen LogP contribution >= 0.6 is 7.47 Å². The van der Waals surface area contributed by atoms with Crippen LogP contribution in [0.4, 0.5) is 0 Å². The molecule has 2 aromatic carbocycles. The summed E-state index contributed by atoms with van der Waals surface area (Å²) < 4.78 is 0. The average molecular weight is 342 g/mol. The van der Waals surface area contributed by atoms with Crippen LogP contribution < -0.4 is 10.4 Å². The minimum absolute atomic E-state index is 0.0415. The second-order valence-electron chi connectivity index (χ2n) is 5.35. The van der Waals surface area contributed by atoms with E-state index in [0.29, 0.717) is 0 Å². The molecule has 0 saturated heterocycles. The minimum atomic E-state index is -2.04. The molecule has 0 bridgehead atoms. The molecule has 0 aromatic heterocycles. The summed E-state index contributed by atoms with van der Waals surface area (Å²) in [4.78, 5) is 0. The van der Waals surface area contributed by atoms with E-state index < -0.39 is 15.2 Å². The molecular weight excluding hydrogens is 319 g/mol. The van der Waals surface area contributed by atoms with E-state index in [1.165, 1.54) is 10.4 Å². The molecule has 0 amide bonds. The zero-order valence-electron chi connectivity index (χ0n) is 13.3. The van der Waals surface area contributed by atoms with Crippen LogP contribution in [-0.4, -0.2) is 31.2 Å². The van der Waals surface area contributed by atoms with Crippen molar-refractivity contribution in [3.05, 3.63) is 84.4 Å². The summed E-state index contributed by atoms with van der Waals surface area (Å²) in [5, 5.41) is 21.2. The van der Waals surface area contributed by atoms with E-state index in [4.69, 9.17) is 0 Å². The Hall–Kier alpha value is -1.51. The van der Waals surface area contributed by atoms with Crippen molar-refractivity contribution in [2.75, 3.05) is 13.2 Å². The summed E-state index contributed by atoms with van der Waals surface area (Å²) in [7, 11) is -2.65. The van der Waals surface area contributed by atoms with Gasteiger partial charge in [-0.15, -0.1) is 0 Å². The van der Waals surface area contributed by atoms with Gasteiger partial charge in [0.2, 0.25) is 0 Å². The van der Waals surface area contributed by atoms with Crippen LogP contribution in [0.5, 0.6) is 0 Å². The SMILES string of the molecule is C[Si](c1ccccc1)(c1ccccc1)P(/C=C/CO)/C=C/CO. The van der Waals surface area contributed by atoms with E-state index >= 15 is 0 Å². The van der Waals surface area contributed by atoms with Crippen molar-refractivity contribution >= 4 is 25.6 Å². The van der Waals surface area contributed by atoms with E-state index in [2.05, 4.69) is 66.7 Å². The monoisotopic (exact) mass is 342 g/mol. The van der Waals surface area contributed by atoms with Gasteiger partial charge in [0.15, 0.2) is 0 Å². The van der Waals surface area contributed by atoms with Gasteiger partial charge in [-0.05, 0) is 10.4 Å². The summed E-state index contributed by atoms with van der Waals surface area (Å²) in [6.45, 7) is 2.45. The largest absolute Gasteiger partial charge is 0.392 e. The molecule has 23 heavy (non-hydrogen) atoms. The van der Waals surface area contributed by atoms with Gasteiger partial charge in [0.05, 0.1) is 13.2 Å². The van der Waals surface area contributed by atoms with E-state index in [1.54, 1.807) is 0 Å². The summed E-state index contributed by atoms with van der Waals surface area (Å²) in [6, 6.07) is 21.2. The van der Waals surface area contributed by atoms with Gasteiger partial charge in [0.25, 0.3) is 0 Å². The Morgan fingerprint density at radius 3 is 1.52 bits per heavy atom. The van der Waals surface area contributed by atoms with Gasteiger partial charge in [-0.1, -0.05) is 98.5 Å². The quantitative estimate of drug-likeness (QED) is 0.600. The second kappa shape index (κ2) is 8.95. The molecule has 0 fully saturated rings. The highest BCUT2D eigenvalue weighted by Crippen LogP contribution is 2.48. The Morgan fingerprint density at radius 2 is 1.17 bits per heavy atom. The molecule has 0 saturated carbocycles.